The quantitative estimate of drug-likeness (QED) is 0.550. The fourth-order valence-corrected chi connectivity index (χ4v) is 4.04. The minimum atomic E-state index is -0.208. The van der Waals surface area contributed by atoms with Gasteiger partial charge in [-0.3, -0.25) is 0 Å². The zero-order valence-electron chi connectivity index (χ0n) is 18.1. The van der Waals surface area contributed by atoms with Crippen LogP contribution in [0.25, 0.3) is 0 Å². The van der Waals surface area contributed by atoms with Gasteiger partial charge in [-0.2, -0.15) is 0 Å². The Balaban J connectivity index is 0.000000184. The van der Waals surface area contributed by atoms with Crippen molar-refractivity contribution in [1.82, 2.24) is 10.2 Å². The van der Waals surface area contributed by atoms with Crippen LogP contribution in [0.15, 0.2) is 49.1 Å². The highest BCUT2D eigenvalue weighted by Crippen LogP contribution is 2.22. The van der Waals surface area contributed by atoms with Crippen LogP contribution in [0.2, 0.25) is 0 Å². The molecule has 3 aliphatic heterocycles. The van der Waals surface area contributed by atoms with Crippen molar-refractivity contribution < 1.29 is 19.1 Å². The highest BCUT2D eigenvalue weighted by molar-refractivity contribution is 5.93. The van der Waals surface area contributed by atoms with Gasteiger partial charge in [-0.25, -0.2) is 9.59 Å². The second-order valence-corrected chi connectivity index (χ2v) is 7.97. The Kier molecular flexibility index (Phi) is 8.45. The number of hydrogen-bond acceptors (Lipinski definition) is 6. The SMILES string of the molecule is C=CCc1ccc2c(c1)COC2=O.Cl.O=C1OCc2cc(CCN3CCNCC3)ccc21. The number of carbonyl (C=O) groups is 2. The van der Waals surface area contributed by atoms with Gasteiger partial charge >= 0.3 is 11.9 Å². The van der Waals surface area contributed by atoms with E-state index in [0.717, 1.165) is 62.3 Å². The smallest absolute Gasteiger partial charge is 0.338 e. The fourth-order valence-electron chi connectivity index (χ4n) is 4.04. The molecule has 0 amide bonds. The van der Waals surface area contributed by atoms with Crippen LogP contribution in [-0.4, -0.2) is 49.6 Å². The summed E-state index contributed by atoms with van der Waals surface area (Å²) in [6.07, 6.45) is 3.72. The summed E-state index contributed by atoms with van der Waals surface area (Å²) < 4.78 is 9.91. The van der Waals surface area contributed by atoms with E-state index >= 15 is 0 Å². The molecule has 3 aliphatic rings. The maximum absolute atomic E-state index is 11.3. The van der Waals surface area contributed by atoms with Gasteiger partial charge in [0.1, 0.15) is 13.2 Å². The Hall–Kier alpha value is -2.67. The van der Waals surface area contributed by atoms with Gasteiger partial charge in [-0.05, 0) is 36.1 Å². The number of benzene rings is 2. The molecule has 0 aromatic heterocycles. The number of cyclic esters (lactones) is 2. The molecule has 0 bridgehead atoms. The number of allylic oxidation sites excluding steroid dienone is 1. The number of ether oxygens (including phenoxy) is 2. The topological polar surface area (TPSA) is 67.9 Å². The number of nitrogens with zero attached hydrogens (tertiary/aromatic N) is 1. The standard InChI is InChI=1S/C14H18N2O2.C11H10O2.ClH/c17-14-13-2-1-11(9-12(13)10-18-14)3-6-16-7-4-15-5-8-16;1-2-3-8-4-5-10-9(6-8)7-13-11(10)12;/h1-2,9,15H,3-8,10H2;2,4-6H,1,3,7H2;1H. The number of piperazine rings is 1. The maximum Gasteiger partial charge on any atom is 0.338 e. The number of halogens is 1. The van der Waals surface area contributed by atoms with Crippen molar-refractivity contribution in [3.63, 3.8) is 0 Å². The van der Waals surface area contributed by atoms with Crippen molar-refractivity contribution >= 4 is 24.3 Å². The Morgan fingerprint density at radius 1 is 0.906 bits per heavy atom. The van der Waals surface area contributed by atoms with E-state index in [4.69, 9.17) is 9.47 Å². The van der Waals surface area contributed by atoms with Gasteiger partial charge in [0.05, 0.1) is 11.1 Å². The highest BCUT2D eigenvalue weighted by atomic mass is 35.5. The predicted octanol–water partition coefficient (Wildman–Crippen LogP) is 3.31. The Morgan fingerprint density at radius 3 is 2.06 bits per heavy atom. The van der Waals surface area contributed by atoms with Crippen LogP contribution in [0.3, 0.4) is 0 Å². The first-order valence-electron chi connectivity index (χ1n) is 10.8. The molecule has 2 aromatic rings. The Bertz CT molecular complexity index is 986. The van der Waals surface area contributed by atoms with Gasteiger partial charge in [0, 0.05) is 43.9 Å². The van der Waals surface area contributed by atoms with Crippen molar-refractivity contribution in [3.05, 3.63) is 82.4 Å². The van der Waals surface area contributed by atoms with E-state index in [9.17, 15) is 9.59 Å². The van der Waals surface area contributed by atoms with E-state index in [1.807, 2.05) is 36.4 Å². The van der Waals surface area contributed by atoms with Gasteiger partial charge in [0.2, 0.25) is 0 Å². The summed E-state index contributed by atoms with van der Waals surface area (Å²) in [6.45, 7) is 10.1. The third kappa shape index (κ3) is 5.76. The molecule has 5 rings (SSSR count). The van der Waals surface area contributed by atoms with E-state index in [-0.39, 0.29) is 24.3 Å². The summed E-state index contributed by atoms with van der Waals surface area (Å²) in [5.41, 5.74) is 5.94. The number of nitrogens with one attached hydrogen (secondary N) is 1. The van der Waals surface area contributed by atoms with Crippen LogP contribution < -0.4 is 5.32 Å². The molecule has 6 nitrogen and oxygen atoms in total. The molecule has 170 valence electrons. The van der Waals surface area contributed by atoms with E-state index < -0.39 is 0 Å². The lowest BCUT2D eigenvalue weighted by Crippen LogP contribution is -2.44. The molecule has 0 radical (unpaired) electrons. The van der Waals surface area contributed by atoms with E-state index in [1.54, 1.807) is 0 Å². The lowest BCUT2D eigenvalue weighted by Gasteiger charge is -2.27. The van der Waals surface area contributed by atoms with Crippen molar-refractivity contribution in [3.8, 4) is 0 Å². The number of carbonyl (C=O) groups excluding carboxylic acids is 2. The molecule has 1 fully saturated rings. The third-order valence-electron chi connectivity index (χ3n) is 5.80. The van der Waals surface area contributed by atoms with Crippen molar-refractivity contribution in [2.75, 3.05) is 32.7 Å². The van der Waals surface area contributed by atoms with Gasteiger partial charge in [-0.1, -0.05) is 30.3 Å². The summed E-state index contributed by atoms with van der Waals surface area (Å²) in [7, 11) is 0. The van der Waals surface area contributed by atoms with Crippen LogP contribution in [-0.2, 0) is 35.5 Å². The van der Waals surface area contributed by atoms with Crippen molar-refractivity contribution in [2.45, 2.75) is 26.1 Å². The van der Waals surface area contributed by atoms with Crippen molar-refractivity contribution in [1.29, 1.82) is 0 Å². The number of hydrogen-bond donors (Lipinski definition) is 1. The average molecular weight is 457 g/mol. The maximum atomic E-state index is 11.3. The second-order valence-electron chi connectivity index (χ2n) is 7.97. The molecule has 0 aliphatic carbocycles. The minimum absolute atomic E-state index is 0. The monoisotopic (exact) mass is 456 g/mol. The highest BCUT2D eigenvalue weighted by Gasteiger charge is 2.21. The zero-order valence-corrected chi connectivity index (χ0v) is 18.9. The van der Waals surface area contributed by atoms with Crippen molar-refractivity contribution in [2.24, 2.45) is 0 Å². The molecule has 1 saturated heterocycles. The summed E-state index contributed by atoms with van der Waals surface area (Å²) in [6, 6.07) is 11.8. The summed E-state index contributed by atoms with van der Waals surface area (Å²) in [5.74, 6) is -0.390. The van der Waals surface area contributed by atoms with Crippen LogP contribution in [0.1, 0.15) is 43.0 Å². The molecule has 0 atom stereocenters. The van der Waals surface area contributed by atoms with Crippen LogP contribution in [0.4, 0.5) is 0 Å². The van der Waals surface area contributed by atoms with Crippen LogP contribution >= 0.6 is 12.4 Å². The van der Waals surface area contributed by atoms with E-state index in [0.29, 0.717) is 18.8 Å². The third-order valence-corrected chi connectivity index (χ3v) is 5.80. The first-order chi connectivity index (χ1) is 15.1. The molecule has 7 heteroatoms. The zero-order chi connectivity index (χ0) is 21.6. The summed E-state index contributed by atoms with van der Waals surface area (Å²) in [4.78, 5) is 24.9. The molecule has 1 N–H and O–H groups in total. The fraction of sp³-hybridized carbons (Fsp3) is 0.360. The number of fused-ring (bicyclic) bond motifs is 2. The largest absolute Gasteiger partial charge is 0.457 e. The van der Waals surface area contributed by atoms with Crippen LogP contribution in [0, 0.1) is 0 Å². The Morgan fingerprint density at radius 2 is 1.47 bits per heavy atom. The lowest BCUT2D eigenvalue weighted by atomic mass is 10.0. The number of esters is 2. The van der Waals surface area contributed by atoms with Gasteiger partial charge in [0.25, 0.3) is 0 Å². The van der Waals surface area contributed by atoms with Gasteiger partial charge in [0.15, 0.2) is 0 Å². The molecular formula is C25H29ClN2O4. The molecular weight excluding hydrogens is 428 g/mol. The molecule has 0 saturated carbocycles. The number of rotatable bonds is 5. The average Bonchev–Trinajstić information content (AvgIpc) is 3.36. The molecule has 32 heavy (non-hydrogen) atoms. The minimum Gasteiger partial charge on any atom is -0.457 e. The lowest BCUT2D eigenvalue weighted by molar-refractivity contribution is 0.0526. The van der Waals surface area contributed by atoms with Gasteiger partial charge in [-0.15, -0.1) is 19.0 Å². The van der Waals surface area contributed by atoms with Crippen LogP contribution in [0.5, 0.6) is 0 Å². The van der Waals surface area contributed by atoms with E-state index in [1.165, 1.54) is 11.1 Å². The second kappa shape index (κ2) is 11.3. The molecule has 3 heterocycles. The predicted molar refractivity (Wildman–Crippen MR) is 125 cm³/mol. The molecule has 0 unspecified atom stereocenters. The first-order valence-corrected chi connectivity index (χ1v) is 10.8. The van der Waals surface area contributed by atoms with Gasteiger partial charge < -0.3 is 19.7 Å². The molecule has 0 spiro atoms. The van der Waals surface area contributed by atoms with E-state index in [2.05, 4.69) is 22.9 Å². The Labute approximate surface area is 195 Å². The first kappa shape index (κ1) is 24.0. The molecule has 2 aromatic carbocycles. The summed E-state index contributed by atoms with van der Waals surface area (Å²) in [5, 5.41) is 3.36. The normalized spacial score (nSPS) is 16.6. The summed E-state index contributed by atoms with van der Waals surface area (Å²) >= 11 is 0.